The van der Waals surface area contributed by atoms with Crippen molar-refractivity contribution in [2.24, 2.45) is 45.3 Å². The Hall–Kier alpha value is -0.330. The molecule has 0 bridgehead atoms. The van der Waals surface area contributed by atoms with Crippen LogP contribution >= 0.6 is 0 Å². The van der Waals surface area contributed by atoms with Gasteiger partial charge >= 0.3 is 6.18 Å². The molecule has 2 spiro atoms. The predicted molar refractivity (Wildman–Crippen MR) is 123 cm³/mol. The lowest BCUT2D eigenvalue weighted by atomic mass is 9.46. The Morgan fingerprint density at radius 3 is 2.45 bits per heavy atom. The summed E-state index contributed by atoms with van der Waals surface area (Å²) in [5.41, 5.74) is 1.29. The lowest BCUT2D eigenvalue weighted by Gasteiger charge is -2.59. The molecule has 1 saturated heterocycles. The van der Waals surface area contributed by atoms with Crippen LogP contribution in [0, 0.1) is 45.3 Å². The van der Waals surface area contributed by atoms with E-state index in [9.17, 15) is 18.3 Å². The topological polar surface area (TPSA) is 41.5 Å². The SMILES string of the molecule is CC12CC[C@@]34CC35CC[C@H](O)C(C)(C)C5CCC4C1CC1OC(CNCC(F)(F)F)CCC12.[HH]. The molecule has 0 aromatic carbocycles. The minimum atomic E-state index is -4.16. The van der Waals surface area contributed by atoms with Gasteiger partial charge in [-0.1, -0.05) is 20.8 Å². The average Bonchev–Trinajstić information content (AvgIpc) is 3.31. The zero-order chi connectivity index (χ0) is 23.4. The molecule has 6 heteroatoms. The number of hydrogen-bond donors (Lipinski definition) is 2. The molecular weight excluding hydrogens is 427 g/mol. The van der Waals surface area contributed by atoms with E-state index in [4.69, 9.17) is 4.74 Å². The van der Waals surface area contributed by atoms with Crippen molar-refractivity contribution in [3.63, 3.8) is 0 Å². The van der Waals surface area contributed by atoms with Crippen molar-refractivity contribution in [2.45, 2.75) is 109 Å². The summed E-state index contributed by atoms with van der Waals surface area (Å²) in [7, 11) is 0. The number of alkyl halides is 3. The van der Waals surface area contributed by atoms with E-state index in [0.29, 0.717) is 40.5 Å². The molecule has 190 valence electrons. The monoisotopic (exact) mass is 471 g/mol. The number of nitrogens with one attached hydrogen (secondary N) is 1. The average molecular weight is 472 g/mol. The number of ether oxygens (including phenoxy) is 1. The van der Waals surface area contributed by atoms with Gasteiger partial charge in [0.05, 0.1) is 24.9 Å². The number of halogens is 3. The Bertz CT molecular complexity index is 807. The molecule has 0 aromatic rings. The van der Waals surface area contributed by atoms with Crippen LogP contribution in [0.15, 0.2) is 0 Å². The molecular formula is C27H44F3NO2. The van der Waals surface area contributed by atoms with Gasteiger partial charge < -0.3 is 15.2 Å². The quantitative estimate of drug-likeness (QED) is 0.534. The molecule has 6 aliphatic rings. The normalized spacial score (nSPS) is 54.5. The lowest BCUT2D eigenvalue weighted by molar-refractivity contribution is -0.136. The zero-order valence-electron chi connectivity index (χ0n) is 20.5. The molecule has 6 fully saturated rings. The molecule has 0 aromatic heterocycles. The smallest absolute Gasteiger partial charge is 0.393 e. The summed E-state index contributed by atoms with van der Waals surface area (Å²) in [5.74, 6) is 2.68. The summed E-state index contributed by atoms with van der Waals surface area (Å²) >= 11 is 0. The summed E-state index contributed by atoms with van der Waals surface area (Å²) < 4.78 is 44.1. The van der Waals surface area contributed by atoms with E-state index in [-0.39, 0.29) is 25.2 Å². The van der Waals surface area contributed by atoms with Gasteiger partial charge in [0.2, 0.25) is 0 Å². The molecule has 6 rings (SSSR count). The second-order valence-electron chi connectivity index (χ2n) is 13.7. The van der Waals surface area contributed by atoms with E-state index < -0.39 is 12.7 Å². The van der Waals surface area contributed by atoms with Crippen LogP contribution in [-0.2, 0) is 4.74 Å². The third-order valence-electron chi connectivity index (χ3n) is 12.4. The van der Waals surface area contributed by atoms with E-state index in [2.05, 4.69) is 26.1 Å². The first kappa shape index (κ1) is 23.1. The van der Waals surface area contributed by atoms with Gasteiger partial charge in [0, 0.05) is 7.97 Å². The van der Waals surface area contributed by atoms with E-state index in [1.54, 1.807) is 0 Å². The molecule has 0 radical (unpaired) electrons. The maximum absolute atomic E-state index is 12.5. The van der Waals surface area contributed by atoms with Crippen molar-refractivity contribution in [3.8, 4) is 0 Å². The maximum Gasteiger partial charge on any atom is 0.401 e. The number of fused-ring (bicyclic) bond motifs is 4. The van der Waals surface area contributed by atoms with Crippen LogP contribution in [0.4, 0.5) is 13.2 Å². The van der Waals surface area contributed by atoms with Crippen LogP contribution < -0.4 is 5.32 Å². The summed E-state index contributed by atoms with van der Waals surface area (Å²) in [4.78, 5) is 0. The van der Waals surface area contributed by atoms with Crippen molar-refractivity contribution >= 4 is 0 Å². The molecule has 5 aliphatic carbocycles. The van der Waals surface area contributed by atoms with E-state index >= 15 is 0 Å². The Morgan fingerprint density at radius 1 is 0.939 bits per heavy atom. The maximum atomic E-state index is 12.5. The standard InChI is InChI=1S/C27H42F3NO2.H2/c1-23(2)21-7-6-17-19-12-20-18(5-4-16(33-20)13-31-15-27(28,29)30)24(19,3)10-11-25(17)14-26(21,25)9-8-22(23)32;/h16-22,31-32H,4-15H2,1-3H3;1H/t16?,17?,18?,19?,20?,21?,22-,24?,25-,26?;/m0./s1. The van der Waals surface area contributed by atoms with Gasteiger partial charge in [0.1, 0.15) is 0 Å². The first-order valence-corrected chi connectivity index (χ1v) is 13.5. The fourth-order valence-electron chi connectivity index (χ4n) is 10.8. The predicted octanol–water partition coefficient (Wildman–Crippen LogP) is 5.95. The fraction of sp³-hybridized carbons (Fsp3) is 1.00. The summed E-state index contributed by atoms with van der Waals surface area (Å²) in [6.45, 7) is 6.53. The summed E-state index contributed by atoms with van der Waals surface area (Å²) in [6, 6.07) is 0. The third kappa shape index (κ3) is 3.11. The van der Waals surface area contributed by atoms with Gasteiger partial charge in [0.25, 0.3) is 0 Å². The van der Waals surface area contributed by atoms with Gasteiger partial charge in [-0.2, -0.15) is 13.2 Å². The Labute approximate surface area is 198 Å². The Morgan fingerprint density at radius 2 is 1.70 bits per heavy atom. The van der Waals surface area contributed by atoms with Gasteiger partial charge in [0.15, 0.2) is 0 Å². The second kappa shape index (κ2) is 7.12. The lowest BCUT2D eigenvalue weighted by Crippen LogP contribution is -2.54. The van der Waals surface area contributed by atoms with Crippen LogP contribution in [-0.4, -0.2) is 42.7 Å². The number of hydrogen-bond acceptors (Lipinski definition) is 3. The van der Waals surface area contributed by atoms with E-state index in [1.165, 1.54) is 38.5 Å². The summed E-state index contributed by atoms with van der Waals surface area (Å²) in [5, 5.41) is 13.4. The molecule has 33 heavy (non-hydrogen) atoms. The molecule has 1 heterocycles. The van der Waals surface area contributed by atoms with Gasteiger partial charge in [-0.3, -0.25) is 0 Å². The van der Waals surface area contributed by atoms with Crippen LogP contribution in [0.2, 0.25) is 0 Å². The molecule has 8 unspecified atom stereocenters. The number of aliphatic hydroxyl groups excluding tert-OH is 1. The minimum absolute atomic E-state index is 0. The Kier molecular flexibility index (Phi) is 4.98. The minimum Gasteiger partial charge on any atom is -0.393 e. The van der Waals surface area contributed by atoms with Crippen molar-refractivity contribution in [3.05, 3.63) is 0 Å². The zero-order valence-corrected chi connectivity index (χ0v) is 20.5. The van der Waals surface area contributed by atoms with Crippen LogP contribution in [0.5, 0.6) is 0 Å². The van der Waals surface area contributed by atoms with Crippen LogP contribution in [0.3, 0.4) is 0 Å². The van der Waals surface area contributed by atoms with E-state index in [1.807, 2.05) is 0 Å². The highest BCUT2D eigenvalue weighted by Gasteiger charge is 2.80. The van der Waals surface area contributed by atoms with Gasteiger partial charge in [-0.15, -0.1) is 0 Å². The van der Waals surface area contributed by atoms with Crippen LogP contribution in [0.1, 0.15) is 86.4 Å². The molecule has 2 N–H and O–H groups in total. The van der Waals surface area contributed by atoms with Crippen molar-refractivity contribution in [1.29, 1.82) is 0 Å². The number of rotatable bonds is 3. The highest BCUT2D eigenvalue weighted by molar-refractivity contribution is 5.29. The Balaban J connectivity index is 0.00000241. The van der Waals surface area contributed by atoms with Crippen molar-refractivity contribution < 1.29 is 24.4 Å². The largest absolute Gasteiger partial charge is 0.401 e. The number of aliphatic hydroxyl groups is 1. The third-order valence-corrected chi connectivity index (χ3v) is 12.4. The van der Waals surface area contributed by atoms with Gasteiger partial charge in [-0.05, 0) is 110 Å². The molecule has 3 nitrogen and oxygen atoms in total. The second-order valence-corrected chi connectivity index (χ2v) is 13.7. The van der Waals surface area contributed by atoms with Gasteiger partial charge in [-0.25, -0.2) is 0 Å². The first-order chi connectivity index (χ1) is 15.4. The molecule has 0 amide bonds. The molecule has 10 atom stereocenters. The van der Waals surface area contributed by atoms with Crippen molar-refractivity contribution in [2.75, 3.05) is 13.1 Å². The highest BCUT2D eigenvalue weighted by Crippen LogP contribution is 2.87. The fourth-order valence-corrected chi connectivity index (χ4v) is 10.8. The van der Waals surface area contributed by atoms with Crippen molar-refractivity contribution in [1.82, 2.24) is 5.32 Å². The van der Waals surface area contributed by atoms with E-state index in [0.717, 1.165) is 31.6 Å². The molecule has 1 aliphatic heterocycles. The van der Waals surface area contributed by atoms with Crippen LogP contribution in [0.25, 0.3) is 0 Å². The highest BCUT2D eigenvalue weighted by atomic mass is 19.4. The first-order valence-electron chi connectivity index (χ1n) is 13.5. The summed E-state index contributed by atoms with van der Waals surface area (Å²) in [6.07, 6.45) is 7.60. The molecule has 5 saturated carbocycles.